The normalized spacial score (nSPS) is 10.5. The molecular formula is C19H13ClFN3O2. The van der Waals surface area contributed by atoms with Gasteiger partial charge in [0.2, 0.25) is 11.3 Å². The zero-order valence-electron chi connectivity index (χ0n) is 13.7. The summed E-state index contributed by atoms with van der Waals surface area (Å²) in [5, 5.41) is 12.5. The zero-order chi connectivity index (χ0) is 18.8. The molecule has 0 aliphatic heterocycles. The Kier molecular flexibility index (Phi) is 4.74. The molecule has 0 atom stereocenters. The van der Waals surface area contributed by atoms with Crippen molar-refractivity contribution >= 4 is 34.1 Å². The Hall–Kier alpha value is -3.17. The van der Waals surface area contributed by atoms with Gasteiger partial charge in [-0.1, -0.05) is 17.7 Å². The van der Waals surface area contributed by atoms with E-state index in [2.05, 4.69) is 5.32 Å². The first-order valence-electron chi connectivity index (χ1n) is 7.68. The van der Waals surface area contributed by atoms with Gasteiger partial charge in [0.15, 0.2) is 0 Å². The van der Waals surface area contributed by atoms with E-state index in [-0.39, 0.29) is 12.1 Å². The number of fused-ring (bicyclic) bond motifs is 1. The van der Waals surface area contributed by atoms with Gasteiger partial charge in [0, 0.05) is 27.9 Å². The Morgan fingerprint density at radius 1 is 1.35 bits per heavy atom. The van der Waals surface area contributed by atoms with Crippen LogP contribution in [0.25, 0.3) is 10.9 Å². The van der Waals surface area contributed by atoms with Crippen LogP contribution < -0.4 is 10.7 Å². The van der Waals surface area contributed by atoms with Gasteiger partial charge in [-0.25, -0.2) is 4.39 Å². The van der Waals surface area contributed by atoms with Crippen LogP contribution in [0.4, 0.5) is 10.1 Å². The minimum Gasteiger partial charge on any atom is -0.336 e. The minimum atomic E-state index is -0.424. The van der Waals surface area contributed by atoms with Crippen molar-refractivity contribution in [3.8, 4) is 6.07 Å². The maximum Gasteiger partial charge on any atom is 0.244 e. The Balaban J connectivity index is 2.00. The fourth-order valence-electron chi connectivity index (χ4n) is 2.66. The molecule has 3 rings (SSSR count). The molecule has 26 heavy (non-hydrogen) atoms. The summed E-state index contributed by atoms with van der Waals surface area (Å²) in [5.41, 5.74) is 0.629. The highest BCUT2D eigenvalue weighted by Crippen LogP contribution is 2.19. The molecular weight excluding hydrogens is 357 g/mol. The molecule has 0 bridgehead atoms. The van der Waals surface area contributed by atoms with E-state index in [9.17, 15) is 14.0 Å². The third kappa shape index (κ3) is 3.30. The summed E-state index contributed by atoms with van der Waals surface area (Å²) in [7, 11) is 0. The molecule has 1 aromatic heterocycles. The van der Waals surface area contributed by atoms with Crippen LogP contribution in [0, 0.1) is 24.1 Å². The van der Waals surface area contributed by atoms with E-state index in [0.29, 0.717) is 27.2 Å². The maximum atomic E-state index is 13.6. The molecule has 7 heteroatoms. The van der Waals surface area contributed by atoms with E-state index < -0.39 is 17.2 Å². The number of carbonyl (C=O) groups excluding carboxylic acids is 1. The van der Waals surface area contributed by atoms with E-state index >= 15 is 0 Å². The summed E-state index contributed by atoms with van der Waals surface area (Å²) < 4.78 is 15.1. The van der Waals surface area contributed by atoms with E-state index in [1.54, 1.807) is 25.1 Å². The zero-order valence-corrected chi connectivity index (χ0v) is 14.5. The number of nitrogens with zero attached hydrogens (tertiary/aromatic N) is 2. The van der Waals surface area contributed by atoms with Crippen LogP contribution >= 0.6 is 11.6 Å². The van der Waals surface area contributed by atoms with Crippen LogP contribution in [0.15, 0.2) is 47.4 Å². The van der Waals surface area contributed by atoms with Gasteiger partial charge in [0.05, 0.1) is 5.52 Å². The number of halogens is 2. The first-order chi connectivity index (χ1) is 12.4. The average molecular weight is 370 g/mol. The lowest BCUT2D eigenvalue weighted by molar-refractivity contribution is -0.116. The predicted octanol–water partition coefficient (Wildman–Crippen LogP) is 3.61. The third-order valence-electron chi connectivity index (χ3n) is 4.02. The SMILES string of the molecule is Cc1c(F)cccc1NC(=O)Cn1cc(C#N)c(=O)c2ccc(Cl)cc21. The van der Waals surface area contributed by atoms with Gasteiger partial charge in [0.1, 0.15) is 24.0 Å². The number of hydrogen-bond acceptors (Lipinski definition) is 3. The molecule has 130 valence electrons. The smallest absolute Gasteiger partial charge is 0.244 e. The highest BCUT2D eigenvalue weighted by molar-refractivity contribution is 6.31. The molecule has 0 unspecified atom stereocenters. The van der Waals surface area contributed by atoms with E-state index in [0.717, 1.165) is 0 Å². The molecule has 0 radical (unpaired) electrons. The van der Waals surface area contributed by atoms with Gasteiger partial charge in [0.25, 0.3) is 0 Å². The second-order valence-corrected chi connectivity index (χ2v) is 6.17. The minimum absolute atomic E-state index is 0.0745. The van der Waals surface area contributed by atoms with Crippen LogP contribution in [-0.4, -0.2) is 10.5 Å². The summed E-state index contributed by atoms with van der Waals surface area (Å²) in [4.78, 5) is 24.7. The number of hydrogen-bond donors (Lipinski definition) is 1. The Labute approximate surface area is 153 Å². The van der Waals surface area contributed by atoms with Crippen molar-refractivity contribution in [3.05, 3.63) is 74.8 Å². The number of nitrogens with one attached hydrogen (secondary N) is 1. The second-order valence-electron chi connectivity index (χ2n) is 5.73. The highest BCUT2D eigenvalue weighted by Gasteiger charge is 2.13. The molecule has 0 aliphatic rings. The number of carbonyl (C=O) groups is 1. The van der Waals surface area contributed by atoms with Crippen LogP contribution in [0.1, 0.15) is 11.1 Å². The highest BCUT2D eigenvalue weighted by atomic mass is 35.5. The van der Waals surface area contributed by atoms with E-state index in [1.165, 1.54) is 29.0 Å². The van der Waals surface area contributed by atoms with Crippen molar-refractivity contribution in [2.45, 2.75) is 13.5 Å². The number of rotatable bonds is 3. The molecule has 1 amide bonds. The summed E-state index contributed by atoms with van der Waals surface area (Å²) in [6, 6.07) is 10.9. The molecule has 1 N–H and O–H groups in total. The Morgan fingerprint density at radius 3 is 2.85 bits per heavy atom. The number of pyridine rings is 1. The molecule has 5 nitrogen and oxygen atoms in total. The van der Waals surface area contributed by atoms with Crippen LogP contribution in [0.2, 0.25) is 5.02 Å². The fraction of sp³-hybridized carbons (Fsp3) is 0.105. The van der Waals surface area contributed by atoms with Crippen molar-refractivity contribution in [3.63, 3.8) is 0 Å². The number of nitriles is 1. The Morgan fingerprint density at radius 2 is 2.12 bits per heavy atom. The standard InChI is InChI=1S/C19H13ClFN3O2/c1-11-15(21)3-2-4-16(11)23-18(25)10-24-9-12(8-22)19(26)14-6-5-13(20)7-17(14)24/h2-7,9H,10H2,1H3,(H,23,25). The summed E-state index contributed by atoms with van der Waals surface area (Å²) in [5.74, 6) is -0.845. The van der Waals surface area contributed by atoms with Crippen molar-refractivity contribution in [1.82, 2.24) is 4.57 Å². The Bertz CT molecular complexity index is 1130. The van der Waals surface area contributed by atoms with Crippen LogP contribution in [0.3, 0.4) is 0 Å². The third-order valence-corrected chi connectivity index (χ3v) is 4.25. The number of anilines is 1. The predicted molar refractivity (Wildman–Crippen MR) is 97.7 cm³/mol. The lowest BCUT2D eigenvalue weighted by Gasteiger charge is -2.13. The summed E-state index contributed by atoms with van der Waals surface area (Å²) in [6.45, 7) is 1.40. The molecule has 3 aromatic rings. The quantitative estimate of drug-likeness (QED) is 0.766. The topological polar surface area (TPSA) is 74.9 Å². The molecule has 1 heterocycles. The summed E-state index contributed by atoms with van der Waals surface area (Å²) >= 11 is 6.00. The second kappa shape index (κ2) is 6.98. The van der Waals surface area contributed by atoms with E-state index in [4.69, 9.17) is 16.9 Å². The lowest BCUT2D eigenvalue weighted by Crippen LogP contribution is -2.22. The van der Waals surface area contributed by atoms with Crippen LogP contribution in [-0.2, 0) is 11.3 Å². The van der Waals surface area contributed by atoms with Crippen LogP contribution in [0.5, 0.6) is 0 Å². The van der Waals surface area contributed by atoms with Crippen molar-refractivity contribution < 1.29 is 9.18 Å². The van der Waals surface area contributed by atoms with Crippen molar-refractivity contribution in [2.75, 3.05) is 5.32 Å². The first-order valence-corrected chi connectivity index (χ1v) is 8.06. The number of benzene rings is 2. The van der Waals surface area contributed by atoms with Crippen molar-refractivity contribution in [2.24, 2.45) is 0 Å². The lowest BCUT2D eigenvalue weighted by atomic mass is 10.1. The molecule has 0 saturated carbocycles. The van der Waals surface area contributed by atoms with E-state index in [1.807, 2.05) is 6.07 Å². The van der Waals surface area contributed by atoms with Gasteiger partial charge in [-0.15, -0.1) is 0 Å². The molecule has 0 aliphatic carbocycles. The van der Waals surface area contributed by atoms with Gasteiger partial charge >= 0.3 is 0 Å². The fourth-order valence-corrected chi connectivity index (χ4v) is 2.83. The maximum absolute atomic E-state index is 13.6. The molecule has 0 fully saturated rings. The van der Waals surface area contributed by atoms with Gasteiger partial charge < -0.3 is 9.88 Å². The molecule has 0 spiro atoms. The number of amides is 1. The molecule has 0 saturated heterocycles. The van der Waals surface area contributed by atoms with Gasteiger partial charge in [-0.05, 0) is 37.3 Å². The number of aromatic nitrogens is 1. The largest absolute Gasteiger partial charge is 0.336 e. The summed E-state index contributed by atoms with van der Waals surface area (Å²) in [6.07, 6.45) is 1.32. The van der Waals surface area contributed by atoms with Crippen molar-refractivity contribution in [1.29, 1.82) is 5.26 Å². The van der Waals surface area contributed by atoms with Gasteiger partial charge in [-0.2, -0.15) is 5.26 Å². The monoisotopic (exact) mass is 369 g/mol. The van der Waals surface area contributed by atoms with Gasteiger partial charge in [-0.3, -0.25) is 9.59 Å². The molecule has 2 aromatic carbocycles. The first kappa shape index (κ1) is 17.6. The average Bonchev–Trinajstić information content (AvgIpc) is 2.61.